The SMILES string of the molecule is O=C(N[C@H]1CCN(C(=O)CCc2ccccc2)C1)c1ccc2c(c1)CCNCC2. The second-order valence-electron chi connectivity index (χ2n) is 8.02. The van der Waals surface area contributed by atoms with Crippen LogP contribution in [0, 0.1) is 0 Å². The highest BCUT2D eigenvalue weighted by molar-refractivity contribution is 5.94. The number of benzene rings is 2. The van der Waals surface area contributed by atoms with Gasteiger partial charge in [-0.1, -0.05) is 36.4 Å². The normalized spacial score (nSPS) is 18.8. The van der Waals surface area contributed by atoms with Gasteiger partial charge in [-0.2, -0.15) is 0 Å². The zero-order chi connectivity index (χ0) is 20.1. The van der Waals surface area contributed by atoms with Crippen LogP contribution < -0.4 is 10.6 Å². The second kappa shape index (κ2) is 9.23. The van der Waals surface area contributed by atoms with Gasteiger partial charge in [-0.05, 0) is 67.6 Å². The minimum atomic E-state index is -0.0337. The van der Waals surface area contributed by atoms with Gasteiger partial charge >= 0.3 is 0 Å². The molecule has 0 spiro atoms. The lowest BCUT2D eigenvalue weighted by atomic mass is 9.99. The van der Waals surface area contributed by atoms with E-state index in [-0.39, 0.29) is 17.9 Å². The Balaban J connectivity index is 1.29. The van der Waals surface area contributed by atoms with Crippen molar-refractivity contribution in [2.75, 3.05) is 26.2 Å². The Labute approximate surface area is 172 Å². The number of aryl methyl sites for hydroxylation is 1. The third-order valence-corrected chi connectivity index (χ3v) is 5.96. The van der Waals surface area contributed by atoms with E-state index in [0.29, 0.717) is 19.5 Å². The lowest BCUT2D eigenvalue weighted by Crippen LogP contribution is -2.38. The molecule has 5 nitrogen and oxygen atoms in total. The number of rotatable bonds is 5. The van der Waals surface area contributed by atoms with E-state index in [2.05, 4.69) is 28.8 Å². The van der Waals surface area contributed by atoms with Crippen LogP contribution in [0.4, 0.5) is 0 Å². The van der Waals surface area contributed by atoms with Crippen LogP contribution in [0.25, 0.3) is 0 Å². The Morgan fingerprint density at radius 1 is 1.03 bits per heavy atom. The fourth-order valence-corrected chi connectivity index (χ4v) is 4.24. The number of nitrogens with one attached hydrogen (secondary N) is 2. The van der Waals surface area contributed by atoms with Gasteiger partial charge in [-0.15, -0.1) is 0 Å². The van der Waals surface area contributed by atoms with Crippen molar-refractivity contribution in [2.24, 2.45) is 0 Å². The summed E-state index contributed by atoms with van der Waals surface area (Å²) in [5.41, 5.74) is 4.51. The van der Waals surface area contributed by atoms with E-state index in [0.717, 1.165) is 44.3 Å². The summed E-state index contributed by atoms with van der Waals surface area (Å²) in [5.74, 6) is 0.136. The predicted molar refractivity (Wildman–Crippen MR) is 114 cm³/mol. The van der Waals surface area contributed by atoms with Crippen molar-refractivity contribution in [2.45, 2.75) is 38.1 Å². The number of likely N-dealkylation sites (tertiary alicyclic amines) is 1. The summed E-state index contributed by atoms with van der Waals surface area (Å²) >= 11 is 0. The standard InChI is InChI=1S/C24H29N3O2/c28-23(9-6-18-4-2-1-3-5-18)27-15-12-22(17-27)26-24(29)21-8-7-19-10-13-25-14-11-20(19)16-21/h1-5,7-8,16,22,25H,6,9-15,17H2,(H,26,29)/t22-/m0/s1. The molecule has 0 saturated carbocycles. The minimum Gasteiger partial charge on any atom is -0.347 e. The zero-order valence-electron chi connectivity index (χ0n) is 16.8. The van der Waals surface area contributed by atoms with Crippen molar-refractivity contribution < 1.29 is 9.59 Å². The highest BCUT2D eigenvalue weighted by Gasteiger charge is 2.27. The third kappa shape index (κ3) is 5.04. The number of nitrogens with zero attached hydrogens (tertiary/aromatic N) is 1. The summed E-state index contributed by atoms with van der Waals surface area (Å²) in [4.78, 5) is 27.1. The molecule has 2 heterocycles. The van der Waals surface area contributed by atoms with Gasteiger partial charge in [0, 0.05) is 31.1 Å². The molecule has 2 aromatic carbocycles. The van der Waals surface area contributed by atoms with E-state index in [4.69, 9.17) is 0 Å². The molecule has 0 aliphatic carbocycles. The quantitative estimate of drug-likeness (QED) is 0.822. The molecule has 1 fully saturated rings. The van der Waals surface area contributed by atoms with Crippen molar-refractivity contribution in [3.8, 4) is 0 Å². The Morgan fingerprint density at radius 2 is 1.83 bits per heavy atom. The molecule has 2 N–H and O–H groups in total. The maximum Gasteiger partial charge on any atom is 0.251 e. The average molecular weight is 392 g/mol. The number of carbonyl (C=O) groups excluding carboxylic acids is 2. The minimum absolute atomic E-state index is 0.0312. The van der Waals surface area contributed by atoms with E-state index in [9.17, 15) is 9.59 Å². The molecule has 152 valence electrons. The Hall–Kier alpha value is -2.66. The van der Waals surface area contributed by atoms with Gasteiger partial charge in [0.15, 0.2) is 0 Å². The first kappa shape index (κ1) is 19.6. The summed E-state index contributed by atoms with van der Waals surface area (Å²) in [6, 6.07) is 16.2. The molecule has 2 aliphatic heterocycles. The fourth-order valence-electron chi connectivity index (χ4n) is 4.24. The molecular weight excluding hydrogens is 362 g/mol. The first-order valence-corrected chi connectivity index (χ1v) is 10.6. The summed E-state index contributed by atoms with van der Waals surface area (Å²) in [6.07, 6.45) is 4.07. The first-order valence-electron chi connectivity index (χ1n) is 10.6. The topological polar surface area (TPSA) is 61.4 Å². The number of amides is 2. The van der Waals surface area contributed by atoms with Gasteiger partial charge in [0.25, 0.3) is 5.91 Å². The van der Waals surface area contributed by atoms with E-state index in [1.54, 1.807) is 0 Å². The molecule has 2 amide bonds. The largest absolute Gasteiger partial charge is 0.347 e. The molecule has 1 saturated heterocycles. The molecule has 4 rings (SSSR count). The van der Waals surface area contributed by atoms with Crippen LogP contribution >= 0.6 is 0 Å². The molecule has 0 radical (unpaired) electrons. The van der Waals surface area contributed by atoms with Crippen LogP contribution in [0.2, 0.25) is 0 Å². The number of fused-ring (bicyclic) bond motifs is 1. The number of carbonyl (C=O) groups is 2. The molecule has 5 heteroatoms. The summed E-state index contributed by atoms with van der Waals surface area (Å²) in [6.45, 7) is 3.28. The molecule has 0 unspecified atom stereocenters. The van der Waals surface area contributed by atoms with Crippen LogP contribution in [-0.2, 0) is 24.1 Å². The maximum absolute atomic E-state index is 12.7. The van der Waals surface area contributed by atoms with E-state index in [1.165, 1.54) is 16.7 Å². The molecule has 2 aliphatic rings. The van der Waals surface area contributed by atoms with Crippen LogP contribution in [0.1, 0.15) is 39.9 Å². The molecular formula is C24H29N3O2. The van der Waals surface area contributed by atoms with Gasteiger partial charge in [-0.25, -0.2) is 0 Å². The molecule has 29 heavy (non-hydrogen) atoms. The Morgan fingerprint density at radius 3 is 2.66 bits per heavy atom. The molecule has 0 aromatic heterocycles. The predicted octanol–water partition coefficient (Wildman–Crippen LogP) is 2.34. The molecule has 2 aromatic rings. The highest BCUT2D eigenvalue weighted by Crippen LogP contribution is 2.17. The average Bonchev–Trinajstić information content (AvgIpc) is 3.08. The summed E-state index contributed by atoms with van der Waals surface area (Å²) in [7, 11) is 0. The van der Waals surface area contributed by atoms with Gasteiger partial charge < -0.3 is 15.5 Å². The first-order chi connectivity index (χ1) is 14.2. The van der Waals surface area contributed by atoms with Crippen LogP contribution in [0.15, 0.2) is 48.5 Å². The van der Waals surface area contributed by atoms with Crippen molar-refractivity contribution in [1.29, 1.82) is 0 Å². The molecule has 0 bridgehead atoms. The zero-order valence-corrected chi connectivity index (χ0v) is 16.8. The fraction of sp³-hybridized carbons (Fsp3) is 0.417. The Kier molecular flexibility index (Phi) is 6.25. The third-order valence-electron chi connectivity index (χ3n) is 5.96. The summed E-state index contributed by atoms with van der Waals surface area (Å²) < 4.78 is 0. The maximum atomic E-state index is 12.7. The van der Waals surface area contributed by atoms with Crippen molar-refractivity contribution in [3.63, 3.8) is 0 Å². The van der Waals surface area contributed by atoms with Crippen molar-refractivity contribution in [3.05, 3.63) is 70.8 Å². The Bertz CT molecular complexity index is 866. The lowest BCUT2D eigenvalue weighted by Gasteiger charge is -2.17. The van der Waals surface area contributed by atoms with Crippen LogP contribution in [0.5, 0.6) is 0 Å². The van der Waals surface area contributed by atoms with Gasteiger partial charge in [0.05, 0.1) is 0 Å². The highest BCUT2D eigenvalue weighted by atomic mass is 16.2. The van der Waals surface area contributed by atoms with E-state index < -0.39 is 0 Å². The van der Waals surface area contributed by atoms with E-state index in [1.807, 2.05) is 35.2 Å². The van der Waals surface area contributed by atoms with Crippen LogP contribution in [-0.4, -0.2) is 48.9 Å². The van der Waals surface area contributed by atoms with Crippen molar-refractivity contribution >= 4 is 11.8 Å². The van der Waals surface area contributed by atoms with Gasteiger partial charge in [0.2, 0.25) is 5.91 Å². The number of hydrogen-bond donors (Lipinski definition) is 2. The van der Waals surface area contributed by atoms with Crippen LogP contribution in [0.3, 0.4) is 0 Å². The monoisotopic (exact) mass is 391 g/mol. The van der Waals surface area contributed by atoms with E-state index >= 15 is 0 Å². The second-order valence-corrected chi connectivity index (χ2v) is 8.02. The lowest BCUT2D eigenvalue weighted by molar-refractivity contribution is -0.130. The number of hydrogen-bond acceptors (Lipinski definition) is 3. The van der Waals surface area contributed by atoms with Gasteiger partial charge in [0.1, 0.15) is 0 Å². The van der Waals surface area contributed by atoms with Crippen molar-refractivity contribution in [1.82, 2.24) is 15.5 Å². The van der Waals surface area contributed by atoms with Gasteiger partial charge in [-0.3, -0.25) is 9.59 Å². The smallest absolute Gasteiger partial charge is 0.251 e. The molecule has 1 atom stereocenters. The summed E-state index contributed by atoms with van der Waals surface area (Å²) in [5, 5.41) is 6.53.